The first-order chi connectivity index (χ1) is 15.8. The van der Waals surface area contributed by atoms with Crippen molar-refractivity contribution in [3.8, 4) is 0 Å². The molecule has 0 fully saturated rings. The lowest BCUT2D eigenvalue weighted by Crippen LogP contribution is -2.55. The highest BCUT2D eigenvalue weighted by Gasteiger charge is 2.27. The van der Waals surface area contributed by atoms with Crippen LogP contribution in [0.4, 0.5) is 11.9 Å². The lowest BCUT2D eigenvalue weighted by molar-refractivity contribution is -0.131. The molecule has 3 amide bonds. The van der Waals surface area contributed by atoms with Crippen molar-refractivity contribution in [1.82, 2.24) is 25.6 Å². The maximum absolute atomic E-state index is 13.0. The third kappa shape index (κ3) is 7.28. The number of hydrogen-bond donors (Lipinski definition) is 5. The van der Waals surface area contributed by atoms with Gasteiger partial charge in [-0.25, -0.2) is 0 Å². The molecule has 3 rings (SSSR count). The molecule has 1 aromatic carbocycles. The molecular weight excluding hydrogens is 448 g/mol. The molecular formula is C21H27ClN8O3. The van der Waals surface area contributed by atoms with Gasteiger partial charge in [-0.1, -0.05) is 30.3 Å². The Morgan fingerprint density at radius 2 is 1.76 bits per heavy atom. The van der Waals surface area contributed by atoms with E-state index in [9.17, 15) is 14.4 Å². The number of rotatable bonds is 3. The highest BCUT2D eigenvalue weighted by molar-refractivity contribution is 6.28. The van der Waals surface area contributed by atoms with Crippen molar-refractivity contribution in [1.29, 1.82) is 0 Å². The first kappa shape index (κ1) is 24.2. The minimum absolute atomic E-state index is 0.0288. The first-order valence-electron chi connectivity index (χ1n) is 10.7. The molecule has 0 radical (unpaired) electrons. The molecule has 0 aliphatic carbocycles. The van der Waals surface area contributed by atoms with Crippen LogP contribution in [0.2, 0.25) is 5.28 Å². The van der Waals surface area contributed by atoms with Crippen LogP contribution in [0.25, 0.3) is 0 Å². The Morgan fingerprint density at radius 1 is 1.03 bits per heavy atom. The van der Waals surface area contributed by atoms with Gasteiger partial charge < -0.3 is 27.0 Å². The lowest BCUT2D eigenvalue weighted by Gasteiger charge is -2.24. The number of amides is 3. The number of halogens is 1. The highest BCUT2D eigenvalue weighted by Crippen LogP contribution is 2.12. The van der Waals surface area contributed by atoms with E-state index in [2.05, 4.69) is 36.2 Å². The van der Waals surface area contributed by atoms with Gasteiger partial charge in [-0.2, -0.15) is 15.0 Å². The van der Waals surface area contributed by atoms with Crippen molar-refractivity contribution < 1.29 is 14.4 Å². The van der Waals surface area contributed by atoms with Crippen LogP contribution in [0.1, 0.15) is 31.7 Å². The van der Waals surface area contributed by atoms with Crippen LogP contribution in [0.15, 0.2) is 30.3 Å². The van der Waals surface area contributed by atoms with Crippen molar-refractivity contribution in [3.63, 3.8) is 0 Å². The number of primary amides is 1. The van der Waals surface area contributed by atoms with Gasteiger partial charge in [0.2, 0.25) is 34.9 Å². The van der Waals surface area contributed by atoms with Crippen molar-refractivity contribution in [2.75, 3.05) is 17.2 Å². The summed E-state index contributed by atoms with van der Waals surface area (Å²) in [6.07, 6.45) is 1.88. The largest absolute Gasteiger partial charge is 0.368 e. The lowest BCUT2D eigenvalue weighted by atomic mass is 10.0. The third-order valence-corrected chi connectivity index (χ3v) is 5.29. The number of fused-ring (bicyclic) bond motifs is 2. The number of nitrogens with two attached hydrogens (primary N) is 1. The zero-order valence-corrected chi connectivity index (χ0v) is 18.9. The van der Waals surface area contributed by atoms with Crippen LogP contribution >= 0.6 is 11.6 Å². The van der Waals surface area contributed by atoms with Crippen molar-refractivity contribution in [2.45, 2.75) is 50.7 Å². The number of aromatic nitrogens is 3. The minimum Gasteiger partial charge on any atom is -0.368 e. The summed E-state index contributed by atoms with van der Waals surface area (Å²) in [5.41, 5.74) is 6.36. The predicted octanol–water partition coefficient (Wildman–Crippen LogP) is 0.619. The summed E-state index contributed by atoms with van der Waals surface area (Å²) < 4.78 is 0. The topological polar surface area (TPSA) is 164 Å². The molecule has 33 heavy (non-hydrogen) atoms. The van der Waals surface area contributed by atoms with E-state index in [0.717, 1.165) is 5.56 Å². The number of anilines is 2. The first-order valence-corrected chi connectivity index (χ1v) is 11.1. The van der Waals surface area contributed by atoms with E-state index in [0.29, 0.717) is 25.8 Å². The number of nitrogens with zero attached hydrogens (tertiary/aromatic N) is 3. The standard InChI is InChI=1S/C21H27ClN8O3/c1-12-17(32)27-15(11-13-7-3-2-4-8-13)18(33)26-14(16(23)31)9-5-6-10-24-20-28-19(22)29-21(25-12)30-20/h2-4,7-8,12,14-15H,5-6,9-11H2,1H3,(H2,23,31)(H,26,33)(H,27,32)(H2,24,25,28,29,30)/t12-,14-,15?/m0/s1. The Labute approximate surface area is 196 Å². The monoisotopic (exact) mass is 474 g/mol. The fraction of sp³-hybridized carbons (Fsp3) is 0.429. The maximum atomic E-state index is 13.0. The summed E-state index contributed by atoms with van der Waals surface area (Å²) in [5.74, 6) is -1.19. The Balaban J connectivity index is 1.86. The van der Waals surface area contributed by atoms with E-state index < -0.39 is 35.8 Å². The zero-order chi connectivity index (χ0) is 23.8. The quantitative estimate of drug-likeness (QED) is 0.432. The number of benzene rings is 1. The number of nitrogens with one attached hydrogen (secondary N) is 4. The minimum atomic E-state index is -0.918. The number of carbonyl (C=O) groups excluding carboxylic acids is 3. The average molecular weight is 475 g/mol. The second-order valence-corrected chi connectivity index (χ2v) is 8.09. The summed E-state index contributed by atoms with van der Waals surface area (Å²) in [6.45, 7) is 2.11. The molecule has 0 spiro atoms. The van der Waals surface area contributed by atoms with Gasteiger partial charge in [-0.15, -0.1) is 0 Å². The summed E-state index contributed by atoms with van der Waals surface area (Å²) in [5, 5.41) is 11.3. The van der Waals surface area contributed by atoms with E-state index in [-0.39, 0.29) is 23.6 Å². The van der Waals surface area contributed by atoms with Gasteiger partial charge in [-0.3, -0.25) is 14.4 Å². The predicted molar refractivity (Wildman–Crippen MR) is 123 cm³/mol. The van der Waals surface area contributed by atoms with E-state index in [1.54, 1.807) is 6.92 Å². The number of carbonyl (C=O) groups is 3. The summed E-state index contributed by atoms with van der Waals surface area (Å²) in [4.78, 5) is 50.1. The molecule has 11 nitrogen and oxygen atoms in total. The normalized spacial score (nSPS) is 22.3. The van der Waals surface area contributed by atoms with Gasteiger partial charge >= 0.3 is 0 Å². The zero-order valence-electron chi connectivity index (χ0n) is 18.2. The Morgan fingerprint density at radius 3 is 2.48 bits per heavy atom. The van der Waals surface area contributed by atoms with E-state index in [4.69, 9.17) is 17.3 Å². The molecule has 12 heteroatoms. The van der Waals surface area contributed by atoms with Crippen molar-refractivity contribution in [3.05, 3.63) is 41.2 Å². The van der Waals surface area contributed by atoms with Gasteiger partial charge in [0.05, 0.1) is 0 Å². The molecule has 0 saturated carbocycles. The second-order valence-electron chi connectivity index (χ2n) is 7.75. The van der Waals surface area contributed by atoms with Crippen LogP contribution in [0, 0.1) is 0 Å². The van der Waals surface area contributed by atoms with E-state index >= 15 is 0 Å². The smallest absolute Gasteiger partial charge is 0.243 e. The fourth-order valence-electron chi connectivity index (χ4n) is 3.34. The van der Waals surface area contributed by atoms with Crippen molar-refractivity contribution >= 4 is 41.2 Å². The van der Waals surface area contributed by atoms with Crippen LogP contribution in [0.5, 0.6) is 0 Å². The van der Waals surface area contributed by atoms with Crippen LogP contribution in [-0.2, 0) is 20.8 Å². The van der Waals surface area contributed by atoms with E-state index in [1.807, 2.05) is 30.3 Å². The average Bonchev–Trinajstić information content (AvgIpc) is 2.77. The van der Waals surface area contributed by atoms with Crippen LogP contribution < -0.4 is 27.0 Å². The van der Waals surface area contributed by atoms with Crippen LogP contribution in [-0.4, -0.2) is 57.3 Å². The fourth-order valence-corrected chi connectivity index (χ4v) is 3.50. The summed E-state index contributed by atoms with van der Waals surface area (Å²) in [6, 6.07) is 6.70. The number of hydrogen-bond acceptors (Lipinski definition) is 8. The Hall–Kier alpha value is -3.47. The van der Waals surface area contributed by atoms with Gasteiger partial charge in [0.1, 0.15) is 18.1 Å². The summed E-state index contributed by atoms with van der Waals surface area (Å²) in [7, 11) is 0. The molecule has 1 aromatic heterocycles. The third-order valence-electron chi connectivity index (χ3n) is 5.13. The van der Waals surface area contributed by atoms with E-state index in [1.165, 1.54) is 0 Å². The molecule has 1 unspecified atom stereocenters. The molecule has 2 bridgehead atoms. The molecule has 176 valence electrons. The van der Waals surface area contributed by atoms with Crippen molar-refractivity contribution in [2.24, 2.45) is 5.73 Å². The second kappa shape index (κ2) is 11.4. The molecule has 0 saturated heterocycles. The molecule has 1 aliphatic heterocycles. The van der Waals surface area contributed by atoms with Gasteiger partial charge in [0.25, 0.3) is 0 Å². The Bertz CT molecular complexity index is 991. The SMILES string of the molecule is C[C@@H]1Nc2nc(Cl)nc(n2)NCCCC[C@@H](C(N)=O)NC(=O)C(Cc2ccccc2)NC1=O. The molecule has 1 aliphatic rings. The van der Waals surface area contributed by atoms with Gasteiger partial charge in [-0.05, 0) is 43.4 Å². The highest BCUT2D eigenvalue weighted by atomic mass is 35.5. The van der Waals surface area contributed by atoms with Gasteiger partial charge in [0.15, 0.2) is 0 Å². The maximum Gasteiger partial charge on any atom is 0.243 e. The van der Waals surface area contributed by atoms with Crippen LogP contribution in [0.3, 0.4) is 0 Å². The van der Waals surface area contributed by atoms with Gasteiger partial charge in [0, 0.05) is 13.0 Å². The molecule has 2 aromatic rings. The molecule has 3 atom stereocenters. The molecule has 6 N–H and O–H groups in total. The Kier molecular flexibility index (Phi) is 8.36. The summed E-state index contributed by atoms with van der Waals surface area (Å²) >= 11 is 5.99. The molecule has 2 heterocycles.